The fourth-order valence-electron chi connectivity index (χ4n) is 2.43. The Labute approximate surface area is 129 Å². The summed E-state index contributed by atoms with van der Waals surface area (Å²) in [6, 6.07) is 3.72. The van der Waals surface area contributed by atoms with E-state index in [1.165, 1.54) is 11.3 Å². The van der Waals surface area contributed by atoms with Crippen molar-refractivity contribution in [2.24, 2.45) is 5.41 Å². The number of nitrogen functional groups attached to an aromatic ring is 1. The summed E-state index contributed by atoms with van der Waals surface area (Å²) in [6.07, 6.45) is 1.71. The highest BCUT2D eigenvalue weighted by molar-refractivity contribution is 7.21. The van der Waals surface area contributed by atoms with E-state index in [-0.39, 0.29) is 11.3 Å². The van der Waals surface area contributed by atoms with Crippen LogP contribution in [0.5, 0.6) is 0 Å². The lowest BCUT2D eigenvalue weighted by Crippen LogP contribution is -2.39. The molecule has 2 aromatic rings. The van der Waals surface area contributed by atoms with Gasteiger partial charge in [-0.25, -0.2) is 4.98 Å². The first-order valence-electron chi connectivity index (χ1n) is 6.86. The number of carbonyl (C=O) groups excluding carboxylic acids is 1. The molecule has 0 saturated carbocycles. The predicted octanol–water partition coefficient (Wildman–Crippen LogP) is 2.20. The van der Waals surface area contributed by atoms with Crippen molar-refractivity contribution in [1.29, 1.82) is 0 Å². The number of nitrogens with zero attached hydrogens (tertiary/aromatic N) is 2. The van der Waals surface area contributed by atoms with Crippen LogP contribution in [0, 0.1) is 5.41 Å². The summed E-state index contributed by atoms with van der Waals surface area (Å²) in [6.45, 7) is 5.76. The number of anilines is 1. The van der Waals surface area contributed by atoms with Gasteiger partial charge >= 0.3 is 0 Å². The lowest BCUT2D eigenvalue weighted by molar-refractivity contribution is 0.0934. The quantitative estimate of drug-likeness (QED) is 0.888. The number of hydrogen-bond donors (Lipinski definition) is 2. The fraction of sp³-hybridized carbons (Fsp3) is 0.467. The van der Waals surface area contributed by atoms with Crippen LogP contribution in [0.15, 0.2) is 18.3 Å². The van der Waals surface area contributed by atoms with E-state index in [9.17, 15) is 4.79 Å². The summed E-state index contributed by atoms with van der Waals surface area (Å²) in [4.78, 5) is 20.1. The summed E-state index contributed by atoms with van der Waals surface area (Å²) in [5.41, 5.74) is 6.58. The molecule has 0 spiro atoms. The van der Waals surface area contributed by atoms with Crippen molar-refractivity contribution >= 4 is 33.1 Å². The summed E-state index contributed by atoms with van der Waals surface area (Å²) in [5.74, 6) is -0.123. The van der Waals surface area contributed by atoms with Gasteiger partial charge in [-0.2, -0.15) is 0 Å². The average molecular weight is 306 g/mol. The highest BCUT2D eigenvalue weighted by atomic mass is 32.1. The highest BCUT2D eigenvalue weighted by Crippen LogP contribution is 2.31. The second kappa shape index (κ2) is 5.99. The minimum Gasteiger partial charge on any atom is -0.397 e. The molecule has 3 N–H and O–H groups in total. The number of fused-ring (bicyclic) bond motifs is 1. The molecule has 0 aliphatic carbocycles. The molecule has 0 aliphatic heterocycles. The normalized spacial score (nSPS) is 12.0. The summed E-state index contributed by atoms with van der Waals surface area (Å²) in [5, 5.41) is 3.83. The second-order valence-electron chi connectivity index (χ2n) is 6.29. The van der Waals surface area contributed by atoms with Crippen LogP contribution in [0.2, 0.25) is 0 Å². The largest absolute Gasteiger partial charge is 0.397 e. The lowest BCUT2D eigenvalue weighted by atomic mass is 9.93. The zero-order valence-corrected chi connectivity index (χ0v) is 13.8. The van der Waals surface area contributed by atoms with Crippen LogP contribution in [0.3, 0.4) is 0 Å². The van der Waals surface area contributed by atoms with E-state index < -0.39 is 0 Å². The second-order valence-corrected chi connectivity index (χ2v) is 7.28. The Balaban J connectivity index is 2.11. The van der Waals surface area contributed by atoms with Gasteiger partial charge in [0.05, 0.1) is 5.69 Å². The number of nitrogens with one attached hydrogen (secondary N) is 1. The molecule has 5 nitrogen and oxygen atoms in total. The van der Waals surface area contributed by atoms with Gasteiger partial charge in [0.25, 0.3) is 5.91 Å². The molecular formula is C15H22N4OS. The minimum absolute atomic E-state index is 0.00283. The molecule has 21 heavy (non-hydrogen) atoms. The maximum absolute atomic E-state index is 12.3. The van der Waals surface area contributed by atoms with Crippen LogP contribution in [0.1, 0.15) is 23.5 Å². The molecule has 2 rings (SSSR count). The van der Waals surface area contributed by atoms with Gasteiger partial charge in [-0.3, -0.25) is 4.79 Å². The zero-order chi connectivity index (χ0) is 15.6. The van der Waals surface area contributed by atoms with Gasteiger partial charge in [0, 0.05) is 24.7 Å². The van der Waals surface area contributed by atoms with Crippen molar-refractivity contribution < 1.29 is 4.79 Å². The van der Waals surface area contributed by atoms with Crippen molar-refractivity contribution in [3.8, 4) is 0 Å². The average Bonchev–Trinajstić information content (AvgIpc) is 2.73. The van der Waals surface area contributed by atoms with Crippen LogP contribution >= 0.6 is 11.3 Å². The van der Waals surface area contributed by atoms with Crippen molar-refractivity contribution in [3.63, 3.8) is 0 Å². The number of rotatable bonds is 5. The van der Waals surface area contributed by atoms with E-state index >= 15 is 0 Å². The molecule has 1 amide bonds. The first-order valence-corrected chi connectivity index (χ1v) is 7.68. The van der Waals surface area contributed by atoms with Gasteiger partial charge in [-0.1, -0.05) is 13.8 Å². The first kappa shape index (κ1) is 15.7. The van der Waals surface area contributed by atoms with Crippen LogP contribution in [-0.2, 0) is 0 Å². The van der Waals surface area contributed by atoms with E-state index in [2.05, 4.69) is 29.0 Å². The smallest absolute Gasteiger partial charge is 0.263 e. The molecule has 0 aromatic carbocycles. The molecule has 2 heterocycles. The summed E-state index contributed by atoms with van der Waals surface area (Å²) < 4.78 is 0. The molecule has 6 heteroatoms. The monoisotopic (exact) mass is 306 g/mol. The van der Waals surface area contributed by atoms with Gasteiger partial charge in [0.2, 0.25) is 0 Å². The highest BCUT2D eigenvalue weighted by Gasteiger charge is 2.22. The molecule has 0 saturated heterocycles. The van der Waals surface area contributed by atoms with Crippen LogP contribution in [0.4, 0.5) is 5.69 Å². The third-order valence-corrected chi connectivity index (χ3v) is 4.31. The van der Waals surface area contributed by atoms with Crippen LogP contribution in [-0.4, -0.2) is 43.0 Å². The Bertz CT molecular complexity index is 648. The topological polar surface area (TPSA) is 71.2 Å². The molecular weight excluding hydrogens is 284 g/mol. The van der Waals surface area contributed by atoms with Gasteiger partial charge in [0.1, 0.15) is 9.71 Å². The Morgan fingerprint density at radius 1 is 1.48 bits per heavy atom. The van der Waals surface area contributed by atoms with Crippen LogP contribution in [0.25, 0.3) is 10.2 Å². The molecule has 0 aliphatic rings. The first-order chi connectivity index (χ1) is 9.80. The van der Waals surface area contributed by atoms with Crippen molar-refractivity contribution in [2.75, 3.05) is 32.9 Å². The molecule has 2 aromatic heterocycles. The van der Waals surface area contributed by atoms with Gasteiger partial charge in [-0.15, -0.1) is 11.3 Å². The van der Waals surface area contributed by atoms with E-state index in [1.54, 1.807) is 6.20 Å². The number of amides is 1. The lowest BCUT2D eigenvalue weighted by Gasteiger charge is -2.28. The van der Waals surface area contributed by atoms with Gasteiger partial charge < -0.3 is 16.0 Å². The van der Waals surface area contributed by atoms with Crippen LogP contribution < -0.4 is 11.1 Å². The third kappa shape index (κ3) is 3.71. The standard InChI is InChI=1S/C15H22N4OS/c1-15(2,9-19(3)4)8-18-13(20)12-11(16)10-6-5-7-17-14(10)21-12/h5-7H,8-9,16H2,1-4H3,(H,18,20). The predicted molar refractivity (Wildman–Crippen MR) is 88.7 cm³/mol. The fourth-order valence-corrected chi connectivity index (χ4v) is 3.41. The van der Waals surface area contributed by atoms with Crippen molar-refractivity contribution in [1.82, 2.24) is 15.2 Å². The summed E-state index contributed by atoms with van der Waals surface area (Å²) >= 11 is 1.34. The minimum atomic E-state index is -0.123. The van der Waals surface area contributed by atoms with Gasteiger partial charge in [-0.05, 0) is 31.6 Å². The van der Waals surface area contributed by atoms with E-state index in [0.717, 1.165) is 16.8 Å². The zero-order valence-electron chi connectivity index (χ0n) is 12.9. The maximum atomic E-state index is 12.3. The SMILES string of the molecule is CN(C)CC(C)(C)CNC(=O)c1sc2ncccc2c1N. The molecule has 0 bridgehead atoms. The molecule has 0 atom stereocenters. The molecule has 0 fully saturated rings. The van der Waals surface area contributed by atoms with Crippen molar-refractivity contribution in [2.45, 2.75) is 13.8 Å². The summed E-state index contributed by atoms with van der Waals surface area (Å²) in [7, 11) is 4.05. The van der Waals surface area contributed by atoms with E-state index in [1.807, 2.05) is 26.2 Å². The number of carbonyl (C=O) groups is 1. The maximum Gasteiger partial charge on any atom is 0.263 e. The molecule has 0 radical (unpaired) electrons. The van der Waals surface area contributed by atoms with E-state index in [4.69, 9.17) is 5.73 Å². The number of aromatic nitrogens is 1. The van der Waals surface area contributed by atoms with Crippen molar-refractivity contribution in [3.05, 3.63) is 23.2 Å². The Morgan fingerprint density at radius 3 is 2.81 bits per heavy atom. The van der Waals surface area contributed by atoms with Gasteiger partial charge in [0.15, 0.2) is 0 Å². The molecule has 114 valence electrons. The Morgan fingerprint density at radius 2 is 2.19 bits per heavy atom. The van der Waals surface area contributed by atoms with E-state index in [0.29, 0.717) is 17.1 Å². The number of thiophene rings is 1. The third-order valence-electron chi connectivity index (χ3n) is 3.18. The molecule has 0 unspecified atom stereocenters. The Kier molecular flexibility index (Phi) is 4.49. The number of nitrogens with two attached hydrogens (primary N) is 1. The number of pyridine rings is 1. The number of hydrogen-bond acceptors (Lipinski definition) is 5. The Hall–Kier alpha value is -1.66.